The fraction of sp³-hybridized carbons (Fsp3) is 0.250. The molecular formula is C12H16N2O2. The van der Waals surface area contributed by atoms with Crippen molar-refractivity contribution in [3.63, 3.8) is 0 Å². The molecule has 0 spiro atoms. The molecule has 0 unspecified atom stereocenters. The minimum absolute atomic E-state index is 0.122. The van der Waals surface area contributed by atoms with Crippen LogP contribution in [0.3, 0.4) is 0 Å². The summed E-state index contributed by atoms with van der Waals surface area (Å²) in [6.07, 6.45) is 2.94. The maximum atomic E-state index is 8.99. The van der Waals surface area contributed by atoms with E-state index >= 15 is 0 Å². The number of hydrogen-bond donors (Lipinski definition) is 2. The van der Waals surface area contributed by atoms with Gasteiger partial charge in [-0.05, 0) is 18.3 Å². The number of nitrogens with zero attached hydrogens (tertiary/aromatic N) is 1. The molecule has 0 aliphatic carbocycles. The number of aliphatic imine (C=N–C) groups is 1. The first-order valence-electron chi connectivity index (χ1n) is 4.96. The molecule has 3 N–H and O–H groups in total. The third-order valence-electron chi connectivity index (χ3n) is 2.10. The summed E-state index contributed by atoms with van der Waals surface area (Å²) in [6, 6.07) is 7.63. The molecule has 86 valence electrons. The van der Waals surface area contributed by atoms with Crippen LogP contribution in [0.25, 0.3) is 0 Å². The average molecular weight is 220 g/mol. The van der Waals surface area contributed by atoms with Gasteiger partial charge < -0.3 is 15.6 Å². The second kappa shape index (κ2) is 6.63. The molecule has 1 aromatic carbocycles. The number of hydrogen-bond acceptors (Lipinski definition) is 4. The van der Waals surface area contributed by atoms with E-state index in [9.17, 15) is 0 Å². The fourth-order valence-electron chi connectivity index (χ4n) is 1.29. The second-order valence-electron chi connectivity index (χ2n) is 3.14. The van der Waals surface area contributed by atoms with Gasteiger partial charge in [-0.25, -0.2) is 0 Å². The van der Waals surface area contributed by atoms with Crippen molar-refractivity contribution in [1.82, 2.24) is 0 Å². The largest absolute Gasteiger partial charge is 0.496 e. The van der Waals surface area contributed by atoms with Gasteiger partial charge in [0.2, 0.25) is 0 Å². The summed E-state index contributed by atoms with van der Waals surface area (Å²) in [5, 5.41) is 8.99. The molecule has 4 nitrogen and oxygen atoms in total. The molecule has 0 fully saturated rings. The van der Waals surface area contributed by atoms with Gasteiger partial charge >= 0.3 is 0 Å². The smallest absolute Gasteiger partial charge is 0.123 e. The lowest BCUT2D eigenvalue weighted by molar-refractivity contribution is 0.357. The summed E-state index contributed by atoms with van der Waals surface area (Å²) < 4.78 is 5.20. The Hall–Kier alpha value is -1.81. The van der Waals surface area contributed by atoms with E-state index in [1.54, 1.807) is 13.2 Å². The number of rotatable bonds is 5. The number of para-hydroxylation sites is 1. The van der Waals surface area contributed by atoms with Gasteiger partial charge in [-0.2, -0.15) is 0 Å². The topological polar surface area (TPSA) is 67.8 Å². The van der Waals surface area contributed by atoms with Crippen LogP contribution in [0.5, 0.6) is 5.75 Å². The van der Waals surface area contributed by atoms with Crippen LogP contribution in [0, 0.1) is 0 Å². The predicted octanol–water partition coefficient (Wildman–Crippen LogP) is 1.10. The Kier molecular flexibility index (Phi) is 5.08. The number of benzene rings is 1. The van der Waals surface area contributed by atoms with Gasteiger partial charge in [0.05, 0.1) is 26.0 Å². The van der Waals surface area contributed by atoms with Crippen molar-refractivity contribution in [1.29, 1.82) is 0 Å². The Morgan fingerprint density at radius 1 is 1.50 bits per heavy atom. The molecule has 0 saturated heterocycles. The van der Waals surface area contributed by atoms with Crippen molar-refractivity contribution < 1.29 is 9.84 Å². The molecule has 0 radical (unpaired) electrons. The lowest BCUT2D eigenvalue weighted by atomic mass is 10.2. The molecule has 0 aliphatic heterocycles. The van der Waals surface area contributed by atoms with Crippen LogP contribution in [0.1, 0.15) is 5.56 Å². The van der Waals surface area contributed by atoms with Gasteiger partial charge in [0, 0.05) is 5.56 Å². The van der Waals surface area contributed by atoms with E-state index in [4.69, 9.17) is 15.6 Å². The van der Waals surface area contributed by atoms with E-state index in [1.807, 2.05) is 24.3 Å². The summed E-state index contributed by atoms with van der Waals surface area (Å²) >= 11 is 0. The minimum atomic E-state index is -0.122. The van der Waals surface area contributed by atoms with E-state index in [2.05, 4.69) is 4.99 Å². The highest BCUT2D eigenvalue weighted by molar-refractivity contribution is 5.95. The van der Waals surface area contributed by atoms with Crippen molar-refractivity contribution in [2.75, 3.05) is 13.7 Å². The quantitative estimate of drug-likeness (QED) is 0.730. The maximum absolute atomic E-state index is 8.99. The average Bonchev–Trinajstić information content (AvgIpc) is 2.34. The molecule has 0 bridgehead atoms. The molecule has 16 heavy (non-hydrogen) atoms. The van der Waals surface area contributed by atoms with Gasteiger partial charge in [0.15, 0.2) is 0 Å². The van der Waals surface area contributed by atoms with Crippen LogP contribution < -0.4 is 10.5 Å². The summed E-state index contributed by atoms with van der Waals surface area (Å²) in [5.41, 5.74) is 6.76. The highest BCUT2D eigenvalue weighted by Crippen LogP contribution is 2.17. The van der Waals surface area contributed by atoms with Crippen LogP contribution in [0.4, 0.5) is 0 Å². The zero-order valence-corrected chi connectivity index (χ0v) is 9.26. The monoisotopic (exact) mass is 220 g/mol. The first-order chi connectivity index (χ1) is 7.81. The van der Waals surface area contributed by atoms with E-state index in [0.29, 0.717) is 12.3 Å². The second-order valence-corrected chi connectivity index (χ2v) is 3.14. The normalized spacial score (nSPS) is 12.0. The number of nitrogens with two attached hydrogens (primary N) is 1. The van der Waals surface area contributed by atoms with Crippen molar-refractivity contribution >= 4 is 5.71 Å². The molecule has 4 heteroatoms. The zero-order chi connectivity index (χ0) is 11.8. The number of methoxy groups -OCH3 is 1. The van der Waals surface area contributed by atoms with Crippen molar-refractivity contribution in [2.24, 2.45) is 10.7 Å². The number of aliphatic hydroxyl groups excluding tert-OH is 1. The van der Waals surface area contributed by atoms with Gasteiger partial charge in [0.1, 0.15) is 5.75 Å². The third kappa shape index (κ3) is 3.40. The van der Waals surface area contributed by atoms with Crippen LogP contribution >= 0.6 is 0 Å². The molecule has 0 aromatic heterocycles. The molecule has 0 atom stereocenters. The van der Waals surface area contributed by atoms with Crippen LogP contribution in [-0.2, 0) is 6.54 Å². The van der Waals surface area contributed by atoms with Crippen molar-refractivity contribution in [3.8, 4) is 5.75 Å². The molecule has 0 amide bonds. The highest BCUT2D eigenvalue weighted by atomic mass is 16.5. The SMILES string of the molecule is COc1ccccc1CN=C(C=CN)CO. The first kappa shape index (κ1) is 12.3. The Bertz CT molecular complexity index is 386. The van der Waals surface area contributed by atoms with Gasteiger partial charge in [-0.15, -0.1) is 0 Å². The molecular weight excluding hydrogens is 204 g/mol. The molecule has 0 heterocycles. The Morgan fingerprint density at radius 2 is 2.25 bits per heavy atom. The fourth-order valence-corrected chi connectivity index (χ4v) is 1.29. The van der Waals surface area contributed by atoms with Crippen LogP contribution in [-0.4, -0.2) is 24.5 Å². The predicted molar refractivity (Wildman–Crippen MR) is 64.5 cm³/mol. The van der Waals surface area contributed by atoms with Crippen molar-refractivity contribution in [2.45, 2.75) is 6.54 Å². The van der Waals surface area contributed by atoms with E-state index in [1.165, 1.54) is 6.20 Å². The molecule has 0 saturated carbocycles. The van der Waals surface area contributed by atoms with Crippen molar-refractivity contribution in [3.05, 3.63) is 42.1 Å². The summed E-state index contributed by atoms with van der Waals surface area (Å²) in [5.74, 6) is 0.792. The first-order valence-corrected chi connectivity index (χ1v) is 4.96. The zero-order valence-electron chi connectivity index (χ0n) is 9.26. The summed E-state index contributed by atoms with van der Waals surface area (Å²) in [4.78, 5) is 4.23. The lowest BCUT2D eigenvalue weighted by Crippen LogP contribution is -2.02. The molecule has 0 aliphatic rings. The maximum Gasteiger partial charge on any atom is 0.123 e. The van der Waals surface area contributed by atoms with Gasteiger partial charge in [-0.1, -0.05) is 18.2 Å². The van der Waals surface area contributed by atoms with E-state index in [-0.39, 0.29) is 6.61 Å². The van der Waals surface area contributed by atoms with E-state index in [0.717, 1.165) is 11.3 Å². The molecule has 1 rings (SSSR count). The third-order valence-corrected chi connectivity index (χ3v) is 2.10. The van der Waals surface area contributed by atoms with E-state index < -0.39 is 0 Å². The Morgan fingerprint density at radius 3 is 2.88 bits per heavy atom. The minimum Gasteiger partial charge on any atom is -0.496 e. The standard InChI is InChI=1S/C12H16N2O2/c1-16-12-5-3-2-4-10(12)8-14-11(9-15)6-7-13/h2-7,15H,8-9,13H2,1H3. The number of ether oxygens (including phenoxy) is 1. The molecule has 1 aromatic rings. The van der Waals surface area contributed by atoms with Gasteiger partial charge in [-0.3, -0.25) is 4.99 Å². The lowest BCUT2D eigenvalue weighted by Gasteiger charge is -2.05. The Balaban J connectivity index is 2.80. The summed E-state index contributed by atoms with van der Waals surface area (Å²) in [7, 11) is 1.62. The van der Waals surface area contributed by atoms with Gasteiger partial charge in [0.25, 0.3) is 0 Å². The number of aliphatic hydroxyl groups is 1. The Labute approximate surface area is 95.1 Å². The summed E-state index contributed by atoms with van der Waals surface area (Å²) in [6.45, 7) is 0.340. The highest BCUT2D eigenvalue weighted by Gasteiger charge is 2.00. The van der Waals surface area contributed by atoms with Crippen LogP contribution in [0.15, 0.2) is 41.5 Å². The van der Waals surface area contributed by atoms with Crippen LogP contribution in [0.2, 0.25) is 0 Å².